The summed E-state index contributed by atoms with van der Waals surface area (Å²) in [7, 11) is 11.7. The van der Waals surface area contributed by atoms with E-state index in [0.29, 0.717) is 42.1 Å². The lowest BCUT2D eigenvalue weighted by atomic mass is 9.85. The molecular formula is C78H120O11. The molecule has 0 atom stereocenters. The summed E-state index contributed by atoms with van der Waals surface area (Å²) in [6.07, 6.45) is 5.46. The highest BCUT2D eigenvalue weighted by molar-refractivity contribution is 5.48. The maximum atomic E-state index is 5.73. The van der Waals surface area contributed by atoms with E-state index in [1.54, 1.807) is 49.8 Å². The van der Waals surface area contributed by atoms with Crippen LogP contribution in [-0.4, -0.2) is 76.2 Å². The number of rotatable bonds is 26. The molecule has 0 aliphatic rings. The molecule has 6 aromatic carbocycles. The van der Waals surface area contributed by atoms with Crippen LogP contribution in [0.25, 0.3) is 0 Å². The number of methoxy groups -OCH3 is 7. The van der Waals surface area contributed by atoms with Crippen molar-refractivity contribution >= 4 is 0 Å². The van der Waals surface area contributed by atoms with E-state index in [4.69, 9.17) is 52.1 Å². The zero-order valence-electron chi connectivity index (χ0n) is 60.2. The van der Waals surface area contributed by atoms with E-state index >= 15 is 0 Å². The van der Waals surface area contributed by atoms with Crippen LogP contribution in [0.15, 0.2) is 109 Å². The van der Waals surface area contributed by atoms with Crippen LogP contribution in [0.5, 0.6) is 63.2 Å². The maximum Gasteiger partial charge on any atom is 0.161 e. The summed E-state index contributed by atoms with van der Waals surface area (Å²) in [4.78, 5) is 0. The van der Waals surface area contributed by atoms with E-state index in [-0.39, 0.29) is 5.41 Å². The molecule has 0 unspecified atom stereocenters. The number of hydrogen-bond donors (Lipinski definition) is 0. The molecule has 0 saturated heterocycles. The minimum atomic E-state index is 0.140. The molecular weight excluding hydrogens is 1110 g/mol. The van der Waals surface area contributed by atoms with Crippen molar-refractivity contribution in [1.29, 1.82) is 0 Å². The Morgan fingerprint density at radius 2 is 0.517 bits per heavy atom. The van der Waals surface area contributed by atoms with Gasteiger partial charge in [0.15, 0.2) is 57.5 Å². The first kappa shape index (κ1) is 80.1. The monoisotopic (exact) mass is 1230 g/mol. The molecule has 0 aromatic heterocycles. The standard InChI is InChI=1S/2C14H22O2.C14H22O.C13H20O2.C12H18O2.C11H16O2/c1-5-6-9-16-13-8-7-12(11(2)3)10-14(13)15-4;1-5-6-9-16-14-10-12(11(2)3)7-8-13(14)15-4;1-10(2)11-7-8-12(14(3,4)5)13(9-11)15-6;1-5-8-15-12-7-6-11(10(2)3)9-13(12)14-4;1-5-14-12-8-10(9(2)3)6-7-11(12)13-4;1-8(2)9-5-6-10(12-3)11(7-9)13-4/h2*7-8,10-11H,5-6,9H2,1-4H3;7-10H,1-6H3;6-7,9-10H,5,8H2,1-4H3;6-9H,5H2,1-4H3;5-8H,1-4H3. The van der Waals surface area contributed by atoms with Gasteiger partial charge >= 0.3 is 0 Å². The Bertz CT molecular complexity index is 2840. The van der Waals surface area contributed by atoms with Gasteiger partial charge in [0.25, 0.3) is 0 Å². The van der Waals surface area contributed by atoms with Crippen molar-refractivity contribution < 1.29 is 52.1 Å². The summed E-state index contributed by atoms with van der Waals surface area (Å²) in [5.74, 6) is 12.4. The van der Waals surface area contributed by atoms with Gasteiger partial charge in [0, 0.05) is 0 Å². The van der Waals surface area contributed by atoms with Gasteiger partial charge in [0.2, 0.25) is 0 Å². The highest BCUT2D eigenvalue weighted by Crippen LogP contribution is 2.37. The van der Waals surface area contributed by atoms with Crippen LogP contribution in [0.4, 0.5) is 0 Å². The van der Waals surface area contributed by atoms with Gasteiger partial charge in [-0.15, -0.1) is 0 Å². The molecule has 11 heteroatoms. The summed E-state index contributed by atoms with van der Waals surface area (Å²) in [6.45, 7) is 44.0. The molecule has 0 heterocycles. The van der Waals surface area contributed by atoms with Gasteiger partial charge < -0.3 is 52.1 Å². The Labute approximate surface area is 541 Å². The normalized spacial score (nSPS) is 10.7. The first-order chi connectivity index (χ1) is 42.3. The van der Waals surface area contributed by atoms with Crippen molar-refractivity contribution in [1.82, 2.24) is 0 Å². The fourth-order valence-corrected chi connectivity index (χ4v) is 8.57. The third-order valence-corrected chi connectivity index (χ3v) is 14.5. The molecule has 0 bridgehead atoms. The summed E-state index contributed by atoms with van der Waals surface area (Å²) < 4.78 is 59.4. The molecule has 89 heavy (non-hydrogen) atoms. The molecule has 0 saturated carbocycles. The average Bonchev–Trinajstić information content (AvgIpc) is 3.59. The third kappa shape index (κ3) is 29.1. The summed E-state index contributed by atoms with van der Waals surface area (Å²) >= 11 is 0. The lowest BCUT2D eigenvalue weighted by Gasteiger charge is -2.23. The van der Waals surface area contributed by atoms with Crippen LogP contribution in [-0.2, 0) is 5.41 Å². The molecule has 0 N–H and O–H groups in total. The first-order valence-electron chi connectivity index (χ1n) is 32.4. The molecule has 0 amide bonds. The third-order valence-electron chi connectivity index (χ3n) is 14.5. The molecule has 498 valence electrons. The van der Waals surface area contributed by atoms with Gasteiger partial charge in [-0.05, 0) is 173 Å². The molecule has 0 aliphatic carbocycles. The van der Waals surface area contributed by atoms with Crippen LogP contribution in [0.3, 0.4) is 0 Å². The highest BCUT2D eigenvalue weighted by atomic mass is 16.5. The van der Waals surface area contributed by atoms with Crippen LogP contribution < -0.4 is 52.1 Å². The van der Waals surface area contributed by atoms with Gasteiger partial charge in [-0.25, -0.2) is 0 Å². The summed E-state index contributed by atoms with van der Waals surface area (Å²) in [6, 6.07) is 37.1. The second kappa shape index (κ2) is 43.7. The topological polar surface area (TPSA) is 102 Å². The minimum absolute atomic E-state index is 0.140. The van der Waals surface area contributed by atoms with Crippen molar-refractivity contribution in [3.05, 3.63) is 148 Å². The van der Waals surface area contributed by atoms with Gasteiger partial charge in [0.05, 0.1) is 76.2 Å². The van der Waals surface area contributed by atoms with Crippen molar-refractivity contribution in [2.24, 2.45) is 0 Å². The second-order valence-electron chi connectivity index (χ2n) is 24.6. The maximum absolute atomic E-state index is 5.73. The zero-order valence-corrected chi connectivity index (χ0v) is 60.2. The fourth-order valence-electron chi connectivity index (χ4n) is 8.57. The van der Waals surface area contributed by atoms with Gasteiger partial charge in [-0.1, -0.05) is 180 Å². The lowest BCUT2D eigenvalue weighted by molar-refractivity contribution is 0.288. The Hall–Kier alpha value is -6.88. The summed E-state index contributed by atoms with van der Waals surface area (Å²) in [5.41, 5.74) is 9.12. The quantitative estimate of drug-likeness (QED) is 0.0485. The van der Waals surface area contributed by atoms with E-state index in [1.807, 2.05) is 49.4 Å². The zero-order chi connectivity index (χ0) is 67.2. The molecule has 11 nitrogen and oxygen atoms in total. The smallest absolute Gasteiger partial charge is 0.161 e. The minimum Gasteiger partial charge on any atom is -0.496 e. The second-order valence-corrected chi connectivity index (χ2v) is 24.6. The Balaban J connectivity index is 0.000000535. The molecule has 0 aliphatic heterocycles. The van der Waals surface area contributed by atoms with E-state index < -0.39 is 0 Å². The van der Waals surface area contributed by atoms with Crippen LogP contribution in [0.2, 0.25) is 0 Å². The summed E-state index contributed by atoms with van der Waals surface area (Å²) in [5, 5.41) is 0. The molecule has 6 rings (SSSR count). The van der Waals surface area contributed by atoms with Gasteiger partial charge in [-0.3, -0.25) is 0 Å². The van der Waals surface area contributed by atoms with Crippen LogP contribution >= 0.6 is 0 Å². The van der Waals surface area contributed by atoms with Crippen LogP contribution in [0, 0.1) is 0 Å². The van der Waals surface area contributed by atoms with Crippen molar-refractivity contribution in [3.8, 4) is 63.2 Å². The highest BCUT2D eigenvalue weighted by Gasteiger charge is 2.19. The number of ether oxygens (including phenoxy) is 11. The Kier molecular flexibility index (Phi) is 39.4. The van der Waals surface area contributed by atoms with Gasteiger partial charge in [0.1, 0.15) is 5.75 Å². The van der Waals surface area contributed by atoms with Crippen molar-refractivity contribution in [2.75, 3.05) is 76.2 Å². The SMILES string of the molecule is CCCCOc1cc(C(C)C)ccc1OC.CCCCOc1ccc(C(C)C)cc1OC.CCCOc1ccc(C(C)C)cc1OC.CCOc1cc(C(C)C)ccc1OC.COc1cc(C(C)C)ccc1C(C)(C)C.COc1ccc(C(C)C)cc1OC. The predicted molar refractivity (Wildman–Crippen MR) is 376 cm³/mol. The first-order valence-corrected chi connectivity index (χ1v) is 32.4. The van der Waals surface area contributed by atoms with E-state index in [2.05, 4.69) is 191 Å². The molecule has 6 aromatic rings. The Morgan fingerprint density at radius 1 is 0.270 bits per heavy atom. The fraction of sp³-hybridized carbons (Fsp3) is 0.538. The lowest BCUT2D eigenvalue weighted by Crippen LogP contribution is -2.13. The largest absolute Gasteiger partial charge is 0.496 e. The van der Waals surface area contributed by atoms with E-state index in [1.165, 1.54) is 38.9 Å². The van der Waals surface area contributed by atoms with E-state index in [9.17, 15) is 0 Å². The average molecular weight is 1230 g/mol. The molecule has 0 spiro atoms. The van der Waals surface area contributed by atoms with Crippen molar-refractivity contribution in [3.63, 3.8) is 0 Å². The van der Waals surface area contributed by atoms with Crippen molar-refractivity contribution in [2.45, 2.75) is 205 Å². The molecule has 0 radical (unpaired) electrons. The van der Waals surface area contributed by atoms with Gasteiger partial charge in [-0.2, -0.15) is 0 Å². The predicted octanol–water partition coefficient (Wildman–Crippen LogP) is 21.8. The number of unbranched alkanes of at least 4 members (excludes halogenated alkanes) is 2. The molecule has 0 fully saturated rings. The van der Waals surface area contributed by atoms with Crippen LogP contribution in [0.1, 0.15) is 238 Å². The number of hydrogen-bond acceptors (Lipinski definition) is 11. The van der Waals surface area contributed by atoms with E-state index in [0.717, 1.165) is 115 Å². The number of benzene rings is 6. The Morgan fingerprint density at radius 3 is 0.798 bits per heavy atom.